The molecular formula is C12H13ClN4O4S2. The SMILES string of the molecule is CN(C)Cc1csc(NS(=O)(=O)c2ccc(Cl)c([N+](=O)[O-])c2)n1. The zero-order valence-corrected chi connectivity index (χ0v) is 14.6. The van der Waals surface area contributed by atoms with Crippen LogP contribution in [-0.4, -0.2) is 37.3 Å². The van der Waals surface area contributed by atoms with Crippen LogP contribution >= 0.6 is 22.9 Å². The average Bonchev–Trinajstić information content (AvgIpc) is 2.84. The number of anilines is 1. The van der Waals surface area contributed by atoms with Gasteiger partial charge < -0.3 is 4.90 Å². The first-order valence-corrected chi connectivity index (χ1v) is 8.99. The van der Waals surface area contributed by atoms with Crippen molar-refractivity contribution in [2.24, 2.45) is 0 Å². The van der Waals surface area contributed by atoms with E-state index in [1.165, 1.54) is 12.1 Å². The summed E-state index contributed by atoms with van der Waals surface area (Å²) < 4.78 is 26.9. The molecule has 1 aromatic heterocycles. The number of nitrogens with zero attached hydrogens (tertiary/aromatic N) is 3. The van der Waals surface area contributed by atoms with E-state index in [9.17, 15) is 18.5 Å². The van der Waals surface area contributed by atoms with Gasteiger partial charge in [0.05, 0.1) is 15.5 Å². The Morgan fingerprint density at radius 2 is 2.13 bits per heavy atom. The van der Waals surface area contributed by atoms with Crippen molar-refractivity contribution in [1.29, 1.82) is 0 Å². The van der Waals surface area contributed by atoms with Crippen molar-refractivity contribution in [2.75, 3.05) is 18.8 Å². The molecule has 2 rings (SSSR count). The van der Waals surface area contributed by atoms with E-state index in [-0.39, 0.29) is 15.0 Å². The second kappa shape index (κ2) is 6.79. The Morgan fingerprint density at radius 1 is 1.43 bits per heavy atom. The molecular weight excluding hydrogens is 364 g/mol. The number of nitrogens with one attached hydrogen (secondary N) is 1. The first-order chi connectivity index (χ1) is 10.7. The molecule has 0 bridgehead atoms. The Balaban J connectivity index is 2.27. The molecule has 0 atom stereocenters. The van der Waals surface area contributed by atoms with Gasteiger partial charge in [0.25, 0.3) is 15.7 Å². The van der Waals surface area contributed by atoms with Gasteiger partial charge in [-0.2, -0.15) is 0 Å². The molecule has 11 heteroatoms. The van der Waals surface area contributed by atoms with Crippen LogP contribution in [0.4, 0.5) is 10.8 Å². The highest BCUT2D eigenvalue weighted by Crippen LogP contribution is 2.28. The van der Waals surface area contributed by atoms with E-state index in [2.05, 4.69) is 9.71 Å². The van der Waals surface area contributed by atoms with Crippen molar-refractivity contribution < 1.29 is 13.3 Å². The van der Waals surface area contributed by atoms with Crippen LogP contribution in [0.25, 0.3) is 0 Å². The van der Waals surface area contributed by atoms with Gasteiger partial charge in [0.15, 0.2) is 5.13 Å². The van der Waals surface area contributed by atoms with E-state index in [0.29, 0.717) is 6.54 Å². The van der Waals surface area contributed by atoms with Gasteiger partial charge in [-0.15, -0.1) is 11.3 Å². The monoisotopic (exact) mass is 376 g/mol. The van der Waals surface area contributed by atoms with Crippen LogP contribution in [0.15, 0.2) is 28.5 Å². The van der Waals surface area contributed by atoms with Crippen LogP contribution in [0.5, 0.6) is 0 Å². The van der Waals surface area contributed by atoms with E-state index < -0.39 is 20.6 Å². The van der Waals surface area contributed by atoms with Gasteiger partial charge in [-0.25, -0.2) is 13.4 Å². The van der Waals surface area contributed by atoms with E-state index in [1.54, 1.807) is 5.38 Å². The van der Waals surface area contributed by atoms with Gasteiger partial charge in [-0.1, -0.05) is 11.6 Å². The second-order valence-electron chi connectivity index (χ2n) is 4.86. The molecule has 2 aromatic rings. The van der Waals surface area contributed by atoms with E-state index in [4.69, 9.17) is 11.6 Å². The molecule has 0 unspecified atom stereocenters. The smallest absolute Gasteiger partial charge is 0.289 e. The number of nitro benzene ring substituents is 1. The standard InChI is InChI=1S/C12H13ClN4O4S2/c1-16(2)6-8-7-22-12(14-8)15-23(20,21)9-3-4-10(13)11(5-9)17(18)19/h3-5,7H,6H2,1-2H3,(H,14,15). The van der Waals surface area contributed by atoms with Crippen LogP contribution in [-0.2, 0) is 16.6 Å². The summed E-state index contributed by atoms with van der Waals surface area (Å²) in [4.78, 5) is 15.9. The summed E-state index contributed by atoms with van der Waals surface area (Å²) in [7, 11) is -0.238. The van der Waals surface area contributed by atoms with Crippen molar-refractivity contribution in [3.05, 3.63) is 44.4 Å². The summed E-state index contributed by atoms with van der Waals surface area (Å²) in [6.07, 6.45) is 0. The highest BCUT2D eigenvalue weighted by atomic mass is 35.5. The molecule has 0 aliphatic heterocycles. The summed E-state index contributed by atoms with van der Waals surface area (Å²) in [5.74, 6) is 0. The maximum absolute atomic E-state index is 12.3. The molecule has 1 N–H and O–H groups in total. The topological polar surface area (TPSA) is 105 Å². The molecule has 0 amide bonds. The summed E-state index contributed by atoms with van der Waals surface area (Å²) >= 11 is 6.82. The Bertz CT molecular complexity index is 835. The Labute approximate surface area is 141 Å². The minimum absolute atomic E-state index is 0.128. The van der Waals surface area contributed by atoms with Gasteiger partial charge in [-0.05, 0) is 26.2 Å². The van der Waals surface area contributed by atoms with Crippen molar-refractivity contribution in [1.82, 2.24) is 9.88 Å². The first kappa shape index (κ1) is 17.6. The van der Waals surface area contributed by atoms with E-state index >= 15 is 0 Å². The van der Waals surface area contributed by atoms with Gasteiger partial charge >= 0.3 is 0 Å². The molecule has 0 saturated carbocycles. The minimum Gasteiger partial charge on any atom is -0.304 e. The predicted molar refractivity (Wildman–Crippen MR) is 88.4 cm³/mol. The zero-order valence-electron chi connectivity index (χ0n) is 12.2. The number of aromatic nitrogens is 1. The van der Waals surface area contributed by atoms with Crippen LogP contribution in [0.2, 0.25) is 5.02 Å². The summed E-state index contributed by atoms with van der Waals surface area (Å²) in [5, 5.41) is 12.7. The molecule has 23 heavy (non-hydrogen) atoms. The number of sulfonamides is 1. The summed E-state index contributed by atoms with van der Waals surface area (Å²) in [6, 6.07) is 3.29. The third-order valence-corrected chi connectivity index (χ3v) is 5.27. The number of hydrogen-bond donors (Lipinski definition) is 1. The highest BCUT2D eigenvalue weighted by Gasteiger charge is 2.21. The van der Waals surface area contributed by atoms with Crippen molar-refractivity contribution in [3.63, 3.8) is 0 Å². The van der Waals surface area contributed by atoms with Crippen LogP contribution in [0.3, 0.4) is 0 Å². The van der Waals surface area contributed by atoms with Crippen LogP contribution < -0.4 is 4.72 Å². The number of halogens is 1. The number of hydrogen-bond acceptors (Lipinski definition) is 7. The van der Waals surface area contributed by atoms with Gasteiger partial charge in [0.2, 0.25) is 0 Å². The summed E-state index contributed by atoms with van der Waals surface area (Å²) in [6.45, 7) is 0.574. The molecule has 1 heterocycles. The third kappa shape index (κ3) is 4.38. The van der Waals surface area contributed by atoms with Gasteiger partial charge in [0.1, 0.15) is 5.02 Å². The number of thiazole rings is 1. The van der Waals surface area contributed by atoms with Crippen molar-refractivity contribution >= 4 is 43.8 Å². The molecule has 1 aromatic carbocycles. The fourth-order valence-electron chi connectivity index (χ4n) is 1.72. The summed E-state index contributed by atoms with van der Waals surface area (Å²) in [5.41, 5.74) is 0.252. The largest absolute Gasteiger partial charge is 0.304 e. The van der Waals surface area contributed by atoms with Gasteiger partial charge in [-0.3, -0.25) is 14.8 Å². The quantitative estimate of drug-likeness (QED) is 0.613. The molecule has 0 fully saturated rings. The number of benzene rings is 1. The normalized spacial score (nSPS) is 11.7. The second-order valence-corrected chi connectivity index (χ2v) is 7.81. The molecule has 0 saturated heterocycles. The Hall–Kier alpha value is -1.75. The fourth-order valence-corrected chi connectivity index (χ4v) is 3.88. The molecule has 124 valence electrons. The molecule has 0 aliphatic rings. The van der Waals surface area contributed by atoms with Crippen LogP contribution in [0, 0.1) is 10.1 Å². The minimum atomic E-state index is -3.98. The lowest BCUT2D eigenvalue weighted by Gasteiger charge is -2.07. The van der Waals surface area contributed by atoms with Crippen molar-refractivity contribution in [3.8, 4) is 0 Å². The third-order valence-electron chi connectivity index (χ3n) is 2.68. The van der Waals surface area contributed by atoms with Crippen molar-refractivity contribution in [2.45, 2.75) is 11.4 Å². The average molecular weight is 377 g/mol. The molecule has 0 aliphatic carbocycles. The maximum Gasteiger partial charge on any atom is 0.289 e. The Kier molecular flexibility index (Phi) is 5.19. The number of rotatable bonds is 6. The molecule has 8 nitrogen and oxygen atoms in total. The number of nitro groups is 1. The van der Waals surface area contributed by atoms with E-state index in [0.717, 1.165) is 23.1 Å². The van der Waals surface area contributed by atoms with E-state index in [1.807, 2.05) is 19.0 Å². The van der Waals surface area contributed by atoms with Crippen LogP contribution in [0.1, 0.15) is 5.69 Å². The highest BCUT2D eigenvalue weighted by molar-refractivity contribution is 7.93. The lowest BCUT2D eigenvalue weighted by Crippen LogP contribution is -2.14. The van der Waals surface area contributed by atoms with Gasteiger partial charge in [0, 0.05) is 18.0 Å². The molecule has 0 radical (unpaired) electrons. The lowest BCUT2D eigenvalue weighted by molar-refractivity contribution is -0.384. The molecule has 0 spiro atoms. The predicted octanol–water partition coefficient (Wildman–Crippen LogP) is 2.57. The first-order valence-electron chi connectivity index (χ1n) is 6.25. The fraction of sp³-hybridized carbons (Fsp3) is 0.250. The lowest BCUT2D eigenvalue weighted by atomic mass is 10.3. The Morgan fingerprint density at radius 3 is 2.74 bits per heavy atom. The maximum atomic E-state index is 12.3. The zero-order chi connectivity index (χ0) is 17.2.